The van der Waals surface area contributed by atoms with Crippen molar-refractivity contribution >= 4 is 34.2 Å². The molecule has 0 bridgehead atoms. The number of rotatable bonds is 5. The minimum Gasteiger partial charge on any atom is -0.494 e. The number of ether oxygens (including phenoxy) is 2. The number of aryl methyl sites for hydroxylation is 1. The molecule has 2 saturated heterocycles. The monoisotopic (exact) mass is 479 g/mol. The van der Waals surface area contributed by atoms with E-state index in [2.05, 4.69) is 34.2 Å². The summed E-state index contributed by atoms with van der Waals surface area (Å²) in [6.45, 7) is 6.05. The fourth-order valence-corrected chi connectivity index (χ4v) is 5.26. The van der Waals surface area contributed by atoms with E-state index in [0.29, 0.717) is 46.0 Å². The Labute approximate surface area is 204 Å². The Morgan fingerprint density at radius 1 is 1.31 bits per heavy atom. The highest BCUT2D eigenvalue weighted by Crippen LogP contribution is 2.44. The zero-order valence-corrected chi connectivity index (χ0v) is 20.5. The summed E-state index contributed by atoms with van der Waals surface area (Å²) in [5, 5.41) is 3.74. The molecule has 0 aliphatic carbocycles. The van der Waals surface area contributed by atoms with Gasteiger partial charge in [-0.25, -0.2) is 19.2 Å². The van der Waals surface area contributed by atoms with Gasteiger partial charge in [-0.3, -0.25) is 4.90 Å². The quantitative estimate of drug-likeness (QED) is 0.558. The molecule has 1 spiro atoms. The fourth-order valence-electron chi connectivity index (χ4n) is 5.26. The van der Waals surface area contributed by atoms with Gasteiger partial charge in [-0.15, -0.1) is 0 Å². The van der Waals surface area contributed by atoms with E-state index >= 15 is 0 Å². The fraction of sp³-hybridized carbons (Fsp3) is 0.423. The lowest BCUT2D eigenvalue weighted by atomic mass is 9.79. The number of carbonyl (C=O) groups is 1. The number of fused-ring (bicyclic) bond motifs is 1. The summed E-state index contributed by atoms with van der Waals surface area (Å²) in [5.74, 6) is 0.854. The summed E-state index contributed by atoms with van der Waals surface area (Å²) < 4.78 is 26.4. The topological polar surface area (TPSA) is 79.8 Å². The lowest BCUT2D eigenvalue weighted by Crippen LogP contribution is -2.53. The second kappa shape index (κ2) is 8.96. The van der Waals surface area contributed by atoms with Crippen LogP contribution < -0.4 is 15.0 Å². The average Bonchev–Trinajstić information content (AvgIpc) is 3.19. The smallest absolute Gasteiger partial charge is 0.415 e. The van der Waals surface area contributed by atoms with Crippen LogP contribution in [0.4, 0.5) is 26.4 Å². The highest BCUT2D eigenvalue weighted by molar-refractivity contribution is 6.00. The molecule has 1 aromatic heterocycles. The Balaban J connectivity index is 1.56. The molecular weight excluding hydrogens is 449 g/mol. The number of hydrogen-bond donors (Lipinski definition) is 1. The van der Waals surface area contributed by atoms with Crippen molar-refractivity contribution in [2.45, 2.75) is 32.3 Å². The molecule has 2 aliphatic rings. The summed E-state index contributed by atoms with van der Waals surface area (Å²) in [4.78, 5) is 25.9. The molecule has 1 amide bonds. The van der Waals surface area contributed by atoms with Crippen LogP contribution in [0.1, 0.15) is 25.3 Å². The van der Waals surface area contributed by atoms with Gasteiger partial charge < -0.3 is 19.7 Å². The number of hydrogen-bond acceptors (Lipinski definition) is 7. The summed E-state index contributed by atoms with van der Waals surface area (Å²) in [7, 11) is 3.66. The van der Waals surface area contributed by atoms with Crippen LogP contribution in [-0.4, -0.2) is 60.4 Å². The number of carbonyl (C=O) groups excluding carboxylic acids is 1. The van der Waals surface area contributed by atoms with Gasteiger partial charge >= 0.3 is 6.09 Å². The lowest BCUT2D eigenvalue weighted by Gasteiger charge is -2.42. The molecule has 2 fully saturated rings. The van der Waals surface area contributed by atoms with E-state index in [1.165, 1.54) is 6.33 Å². The van der Waals surface area contributed by atoms with E-state index in [1.807, 2.05) is 6.07 Å². The van der Waals surface area contributed by atoms with Gasteiger partial charge in [0.05, 0.1) is 30.5 Å². The van der Waals surface area contributed by atoms with Gasteiger partial charge in [0, 0.05) is 36.9 Å². The molecule has 0 radical (unpaired) electrons. The van der Waals surface area contributed by atoms with Gasteiger partial charge in [0.25, 0.3) is 0 Å². The van der Waals surface area contributed by atoms with Gasteiger partial charge in [0.15, 0.2) is 0 Å². The van der Waals surface area contributed by atoms with Gasteiger partial charge in [-0.2, -0.15) is 0 Å². The maximum atomic E-state index is 14.7. The molecule has 3 aromatic rings. The Kier molecular flexibility index (Phi) is 5.96. The molecule has 35 heavy (non-hydrogen) atoms. The Hall–Kier alpha value is -3.46. The molecule has 3 heterocycles. The highest BCUT2D eigenvalue weighted by atomic mass is 19.1. The molecule has 2 aromatic carbocycles. The van der Waals surface area contributed by atoms with E-state index in [-0.39, 0.29) is 17.8 Å². The Bertz CT molecular complexity index is 1290. The normalized spacial score (nSPS) is 22.6. The first kappa shape index (κ1) is 23.3. The minimum absolute atomic E-state index is 0.242. The number of amides is 1. The van der Waals surface area contributed by atoms with E-state index in [0.717, 1.165) is 25.9 Å². The van der Waals surface area contributed by atoms with Crippen LogP contribution in [0.25, 0.3) is 10.9 Å². The number of likely N-dealkylation sites (tertiary alicyclic amines) is 1. The van der Waals surface area contributed by atoms with E-state index in [1.54, 1.807) is 43.2 Å². The number of anilines is 3. The third-order valence-corrected chi connectivity index (χ3v) is 7.29. The van der Waals surface area contributed by atoms with Crippen LogP contribution in [0.5, 0.6) is 5.75 Å². The van der Waals surface area contributed by atoms with Crippen molar-refractivity contribution in [2.75, 3.05) is 44.0 Å². The number of halogens is 1. The molecule has 1 N–H and O–H groups in total. The molecular formula is C26H30FN5O3. The standard InChI is InChI=1S/C26H30FN5O3/c1-5-17-13-31(3)10-9-26(17)14-32(25(33)35-26)21-11-18-20(12-22(21)34-4)28-15-29-24(18)30-19-8-6-7-16(2)23(19)27/h6-8,11-12,15,17H,5,9-10,13-14H2,1-4H3,(H,28,29,30). The largest absolute Gasteiger partial charge is 0.494 e. The van der Waals surface area contributed by atoms with Gasteiger partial charge in [0.2, 0.25) is 0 Å². The summed E-state index contributed by atoms with van der Waals surface area (Å²) in [6.07, 6.45) is 2.73. The summed E-state index contributed by atoms with van der Waals surface area (Å²) >= 11 is 0. The lowest BCUT2D eigenvalue weighted by molar-refractivity contribution is -0.0437. The van der Waals surface area contributed by atoms with Gasteiger partial charge in [-0.1, -0.05) is 19.1 Å². The number of nitrogens with one attached hydrogen (secondary N) is 1. The van der Waals surface area contributed by atoms with Crippen molar-refractivity contribution in [3.05, 3.63) is 48.0 Å². The number of aromatic nitrogens is 2. The molecule has 2 atom stereocenters. The second-order valence-corrected chi connectivity index (χ2v) is 9.46. The van der Waals surface area contributed by atoms with Crippen LogP contribution in [-0.2, 0) is 4.74 Å². The summed E-state index contributed by atoms with van der Waals surface area (Å²) in [6, 6.07) is 8.75. The molecule has 8 nitrogen and oxygen atoms in total. The van der Waals surface area contributed by atoms with Crippen molar-refractivity contribution in [3.63, 3.8) is 0 Å². The van der Waals surface area contributed by atoms with Crippen molar-refractivity contribution in [3.8, 4) is 5.75 Å². The van der Waals surface area contributed by atoms with Gasteiger partial charge in [-0.05, 0) is 38.1 Å². The van der Waals surface area contributed by atoms with E-state index in [4.69, 9.17) is 9.47 Å². The maximum absolute atomic E-state index is 14.7. The van der Waals surface area contributed by atoms with Crippen molar-refractivity contribution in [2.24, 2.45) is 5.92 Å². The first-order valence-corrected chi connectivity index (χ1v) is 11.9. The molecule has 5 rings (SSSR count). The zero-order valence-electron chi connectivity index (χ0n) is 20.5. The van der Waals surface area contributed by atoms with Crippen LogP contribution in [0.3, 0.4) is 0 Å². The number of nitrogens with zero attached hydrogens (tertiary/aromatic N) is 4. The Morgan fingerprint density at radius 2 is 2.14 bits per heavy atom. The van der Waals surface area contributed by atoms with Crippen molar-refractivity contribution in [1.29, 1.82) is 0 Å². The van der Waals surface area contributed by atoms with Crippen LogP contribution >= 0.6 is 0 Å². The molecule has 2 aliphatic heterocycles. The van der Waals surface area contributed by atoms with E-state index < -0.39 is 5.60 Å². The van der Waals surface area contributed by atoms with Crippen molar-refractivity contribution in [1.82, 2.24) is 14.9 Å². The zero-order chi connectivity index (χ0) is 24.7. The predicted octanol–water partition coefficient (Wildman–Crippen LogP) is 4.89. The second-order valence-electron chi connectivity index (χ2n) is 9.46. The third-order valence-electron chi connectivity index (χ3n) is 7.29. The highest BCUT2D eigenvalue weighted by Gasteiger charge is 2.52. The predicted molar refractivity (Wildman–Crippen MR) is 133 cm³/mol. The number of piperidine rings is 1. The summed E-state index contributed by atoms with van der Waals surface area (Å²) in [5.41, 5.74) is 1.52. The SMILES string of the molecule is CCC1CN(C)CCC12CN(c1cc3c(Nc4cccc(C)c4F)ncnc3cc1OC)C(=O)O2. The first-order chi connectivity index (χ1) is 16.8. The number of methoxy groups -OCH3 is 1. The first-order valence-electron chi connectivity index (χ1n) is 11.9. The Morgan fingerprint density at radius 3 is 2.91 bits per heavy atom. The third kappa shape index (κ3) is 4.03. The van der Waals surface area contributed by atoms with Crippen molar-refractivity contribution < 1.29 is 18.7 Å². The van der Waals surface area contributed by atoms with Crippen LogP contribution in [0, 0.1) is 18.7 Å². The molecule has 184 valence electrons. The molecule has 9 heteroatoms. The van der Waals surface area contributed by atoms with E-state index in [9.17, 15) is 9.18 Å². The van der Waals surface area contributed by atoms with Crippen LogP contribution in [0.15, 0.2) is 36.7 Å². The van der Waals surface area contributed by atoms with Crippen LogP contribution in [0.2, 0.25) is 0 Å². The number of benzene rings is 2. The maximum Gasteiger partial charge on any atom is 0.415 e. The van der Waals surface area contributed by atoms with Gasteiger partial charge in [0.1, 0.15) is 29.3 Å². The molecule has 2 unspecified atom stereocenters. The molecule has 0 saturated carbocycles. The minimum atomic E-state index is -0.530. The average molecular weight is 480 g/mol.